The number of rotatable bonds is 3. The number of aromatic amines is 2. The Hall–Kier alpha value is -5.74. The highest BCUT2D eigenvalue weighted by Gasteiger charge is 2.18. The molecule has 8 rings (SSSR count). The number of benzene rings is 3. The van der Waals surface area contributed by atoms with Crippen LogP contribution in [0.25, 0.3) is 79.8 Å². The Kier molecular flexibility index (Phi) is 6.20. The van der Waals surface area contributed by atoms with Crippen LogP contribution in [0.1, 0.15) is 33.9 Å². The van der Waals surface area contributed by atoms with E-state index in [2.05, 4.69) is 151 Å². The first-order valence-corrected chi connectivity index (χ1v) is 14.9. The lowest BCUT2D eigenvalue weighted by Crippen LogP contribution is -1.91. The number of aromatic nitrogens is 4. The SMILES string of the molecule is Cc1ccc(-c2c3nc(c(-c4ccccc4)c4nc(c(-c5ccc(C)cc5)c5ccc(cc6ccc2[nH]6)[nH]5)C=C4)C=C3)cc1. The zero-order valence-electron chi connectivity index (χ0n) is 24.6. The minimum absolute atomic E-state index is 0.893. The highest BCUT2D eigenvalue weighted by Crippen LogP contribution is 2.36. The molecule has 0 fully saturated rings. The fourth-order valence-electron chi connectivity index (χ4n) is 6.09. The normalized spacial score (nSPS) is 12.1. The molecule has 0 saturated carbocycles. The maximum atomic E-state index is 5.29. The Morgan fingerprint density at radius 3 is 1.27 bits per heavy atom. The van der Waals surface area contributed by atoms with Crippen LogP contribution >= 0.6 is 0 Å². The summed E-state index contributed by atoms with van der Waals surface area (Å²) >= 11 is 0. The number of hydrogen-bond acceptors (Lipinski definition) is 2. The number of H-pyrrole nitrogens is 2. The van der Waals surface area contributed by atoms with E-state index in [9.17, 15) is 0 Å². The molecule has 2 aliphatic rings. The second kappa shape index (κ2) is 10.5. The number of nitrogens with one attached hydrogen (secondary N) is 2. The molecule has 0 atom stereocenters. The summed E-state index contributed by atoms with van der Waals surface area (Å²) in [6.07, 6.45) is 8.49. The minimum Gasteiger partial charge on any atom is -0.355 e. The van der Waals surface area contributed by atoms with Gasteiger partial charge in [0.1, 0.15) is 0 Å². The zero-order valence-corrected chi connectivity index (χ0v) is 24.6. The lowest BCUT2D eigenvalue weighted by atomic mass is 10.0. The van der Waals surface area contributed by atoms with E-state index in [0.717, 1.165) is 78.2 Å². The lowest BCUT2D eigenvalue weighted by Gasteiger charge is -2.06. The Bertz CT molecular complexity index is 2120. The van der Waals surface area contributed by atoms with Crippen molar-refractivity contribution in [3.63, 3.8) is 0 Å². The monoisotopic (exact) mass is 566 g/mol. The van der Waals surface area contributed by atoms with Gasteiger partial charge in [-0.2, -0.15) is 0 Å². The smallest absolute Gasteiger partial charge is 0.0738 e. The van der Waals surface area contributed by atoms with Crippen LogP contribution in [0.4, 0.5) is 0 Å². The lowest BCUT2D eigenvalue weighted by molar-refractivity contribution is 1.27. The Balaban J connectivity index is 1.52. The van der Waals surface area contributed by atoms with Crippen molar-refractivity contribution >= 4 is 46.4 Å². The predicted molar refractivity (Wildman–Crippen MR) is 185 cm³/mol. The first-order chi connectivity index (χ1) is 21.6. The van der Waals surface area contributed by atoms with Gasteiger partial charge in [0.05, 0.1) is 22.8 Å². The van der Waals surface area contributed by atoms with Crippen molar-refractivity contribution in [3.8, 4) is 33.4 Å². The molecule has 0 spiro atoms. The van der Waals surface area contributed by atoms with Gasteiger partial charge in [-0.05, 0) is 85.2 Å². The first-order valence-electron chi connectivity index (χ1n) is 14.9. The van der Waals surface area contributed by atoms with E-state index < -0.39 is 0 Å². The number of aryl methyl sites for hydroxylation is 2. The van der Waals surface area contributed by atoms with E-state index in [4.69, 9.17) is 9.97 Å². The number of hydrogen-bond donors (Lipinski definition) is 2. The van der Waals surface area contributed by atoms with Crippen LogP contribution in [0.15, 0.2) is 109 Å². The maximum absolute atomic E-state index is 5.29. The summed E-state index contributed by atoms with van der Waals surface area (Å²) in [5, 5.41) is 0. The van der Waals surface area contributed by atoms with Gasteiger partial charge in [-0.15, -0.1) is 0 Å². The molecule has 6 aromatic rings. The van der Waals surface area contributed by atoms with Gasteiger partial charge >= 0.3 is 0 Å². The summed E-state index contributed by atoms with van der Waals surface area (Å²) in [5.41, 5.74) is 16.6. The van der Waals surface area contributed by atoms with Crippen molar-refractivity contribution in [1.82, 2.24) is 19.9 Å². The van der Waals surface area contributed by atoms with Crippen LogP contribution in [0.3, 0.4) is 0 Å². The van der Waals surface area contributed by atoms with E-state index in [0.29, 0.717) is 0 Å². The van der Waals surface area contributed by atoms with Gasteiger partial charge in [-0.3, -0.25) is 0 Å². The summed E-state index contributed by atoms with van der Waals surface area (Å²) in [5.74, 6) is 0. The van der Waals surface area contributed by atoms with Gasteiger partial charge in [0.2, 0.25) is 0 Å². The highest BCUT2D eigenvalue weighted by atomic mass is 14.8. The van der Waals surface area contributed by atoms with E-state index in [1.807, 2.05) is 6.07 Å². The van der Waals surface area contributed by atoms with Crippen molar-refractivity contribution in [1.29, 1.82) is 0 Å². The van der Waals surface area contributed by atoms with Crippen LogP contribution in [0, 0.1) is 13.8 Å². The average Bonchev–Trinajstić information content (AvgIpc) is 3.87. The Morgan fingerprint density at radius 1 is 0.409 bits per heavy atom. The summed E-state index contributed by atoms with van der Waals surface area (Å²) in [6.45, 7) is 4.23. The molecule has 4 heteroatoms. The fourth-order valence-corrected chi connectivity index (χ4v) is 6.09. The predicted octanol–water partition coefficient (Wildman–Crippen LogP) is 10.3. The van der Waals surface area contributed by atoms with Gasteiger partial charge < -0.3 is 9.97 Å². The quantitative estimate of drug-likeness (QED) is 0.223. The van der Waals surface area contributed by atoms with Crippen molar-refractivity contribution in [3.05, 3.63) is 143 Å². The molecule has 2 aliphatic heterocycles. The highest BCUT2D eigenvalue weighted by molar-refractivity contribution is 5.96. The summed E-state index contributed by atoms with van der Waals surface area (Å²) in [6, 6.07) is 38.5. The van der Waals surface area contributed by atoms with E-state index in [1.165, 1.54) is 11.1 Å². The molecule has 5 heterocycles. The molecule has 0 radical (unpaired) electrons. The topological polar surface area (TPSA) is 57.4 Å². The van der Waals surface area contributed by atoms with E-state index in [-0.39, 0.29) is 0 Å². The molecular weight excluding hydrogens is 536 g/mol. The Labute approximate surface area is 256 Å². The third-order valence-electron chi connectivity index (χ3n) is 8.31. The standard InChI is InChI=1S/C40H30N4/c1-25-8-12-28(13-9-25)39-32-18-16-30(41-32)24-31-17-19-33(42-31)40(29-14-10-26(2)11-15-29)37-23-21-35(44-37)38(27-6-4-3-5-7-27)34-20-22-36(39)43-34/h3-24,41-42H,1-2H3. The number of nitrogens with zero attached hydrogens (tertiary/aromatic N) is 2. The van der Waals surface area contributed by atoms with Crippen LogP contribution in [-0.2, 0) is 0 Å². The fraction of sp³-hybridized carbons (Fsp3) is 0.0500. The van der Waals surface area contributed by atoms with E-state index in [1.54, 1.807) is 0 Å². The van der Waals surface area contributed by atoms with Crippen molar-refractivity contribution < 1.29 is 0 Å². The molecule has 0 amide bonds. The average molecular weight is 567 g/mol. The van der Waals surface area contributed by atoms with Crippen LogP contribution in [-0.4, -0.2) is 19.9 Å². The molecule has 8 bridgehead atoms. The zero-order chi connectivity index (χ0) is 29.6. The maximum Gasteiger partial charge on any atom is 0.0738 e. The molecule has 44 heavy (non-hydrogen) atoms. The summed E-state index contributed by atoms with van der Waals surface area (Å²) in [7, 11) is 0. The molecule has 0 unspecified atom stereocenters. The van der Waals surface area contributed by atoms with Crippen LogP contribution in [0.2, 0.25) is 0 Å². The molecule has 0 saturated heterocycles. The van der Waals surface area contributed by atoms with E-state index >= 15 is 0 Å². The minimum atomic E-state index is 0.893. The van der Waals surface area contributed by atoms with Gasteiger partial charge in [-0.25, -0.2) is 9.97 Å². The summed E-state index contributed by atoms with van der Waals surface area (Å²) in [4.78, 5) is 17.9. The first kappa shape index (κ1) is 25.9. The molecular formula is C40H30N4. The van der Waals surface area contributed by atoms with Gasteiger partial charge in [0.15, 0.2) is 0 Å². The van der Waals surface area contributed by atoms with Crippen LogP contribution < -0.4 is 0 Å². The van der Waals surface area contributed by atoms with Crippen molar-refractivity contribution in [2.45, 2.75) is 13.8 Å². The summed E-state index contributed by atoms with van der Waals surface area (Å²) < 4.78 is 0. The second-order valence-electron chi connectivity index (χ2n) is 11.5. The third-order valence-corrected chi connectivity index (χ3v) is 8.31. The van der Waals surface area contributed by atoms with Gasteiger partial charge in [0, 0.05) is 38.8 Å². The number of fused-ring (bicyclic) bond motifs is 8. The van der Waals surface area contributed by atoms with Crippen LogP contribution in [0.5, 0.6) is 0 Å². The van der Waals surface area contributed by atoms with Gasteiger partial charge in [0.25, 0.3) is 0 Å². The largest absolute Gasteiger partial charge is 0.355 e. The molecule has 4 nitrogen and oxygen atoms in total. The Morgan fingerprint density at radius 2 is 0.818 bits per heavy atom. The molecule has 3 aromatic heterocycles. The van der Waals surface area contributed by atoms with Crippen molar-refractivity contribution in [2.75, 3.05) is 0 Å². The second-order valence-corrected chi connectivity index (χ2v) is 11.5. The third kappa shape index (κ3) is 4.67. The van der Waals surface area contributed by atoms with Crippen molar-refractivity contribution in [2.24, 2.45) is 0 Å². The molecule has 2 N–H and O–H groups in total. The molecule has 210 valence electrons. The van der Waals surface area contributed by atoms with Gasteiger partial charge in [-0.1, -0.05) is 90.0 Å². The molecule has 0 aliphatic carbocycles. The molecule has 3 aromatic carbocycles.